The summed E-state index contributed by atoms with van der Waals surface area (Å²) in [6.07, 6.45) is 1.32. The Balaban J connectivity index is 1.74. The summed E-state index contributed by atoms with van der Waals surface area (Å²) in [6.45, 7) is 0. The molecule has 0 saturated heterocycles. The topological polar surface area (TPSA) is 47.8 Å². The molecule has 1 heterocycles. The van der Waals surface area contributed by atoms with Gasteiger partial charge in [0.1, 0.15) is 0 Å². The quantitative estimate of drug-likeness (QED) is 0.322. The fourth-order valence-electron chi connectivity index (χ4n) is 3.17. The number of carbonyl (C=O) groups excluding carboxylic acids is 1. The standard InChI is InChI=1S/C23H16Cl3N3O/c24-17-8-10-18(11-9-17)29-21(13-6-15-4-2-1-3-5-15)22(27-28-29)23(30)16-7-12-19(25)20(26)14-16/h1-5,7-12,14H,6,13H2. The highest BCUT2D eigenvalue weighted by Crippen LogP contribution is 2.25. The average molecular weight is 457 g/mol. The number of carbonyl (C=O) groups is 1. The van der Waals surface area contributed by atoms with Crippen LogP contribution in [0.25, 0.3) is 5.69 Å². The second-order valence-corrected chi connectivity index (χ2v) is 7.97. The smallest absolute Gasteiger partial charge is 0.215 e. The molecule has 4 nitrogen and oxygen atoms in total. The number of hydrogen-bond acceptors (Lipinski definition) is 3. The molecular weight excluding hydrogens is 441 g/mol. The summed E-state index contributed by atoms with van der Waals surface area (Å²) in [4.78, 5) is 13.2. The Morgan fingerprint density at radius 3 is 2.27 bits per heavy atom. The van der Waals surface area contributed by atoms with Crippen molar-refractivity contribution in [1.82, 2.24) is 15.0 Å². The number of benzene rings is 3. The zero-order chi connectivity index (χ0) is 21.1. The maximum Gasteiger partial charge on any atom is 0.215 e. The molecule has 0 aliphatic carbocycles. The Bertz CT molecular complexity index is 1190. The van der Waals surface area contributed by atoms with Crippen molar-refractivity contribution >= 4 is 40.6 Å². The van der Waals surface area contributed by atoms with E-state index in [1.807, 2.05) is 30.3 Å². The van der Waals surface area contributed by atoms with Crippen molar-refractivity contribution in [3.05, 3.63) is 110 Å². The van der Waals surface area contributed by atoms with E-state index in [9.17, 15) is 4.79 Å². The number of nitrogens with zero attached hydrogens (tertiary/aromatic N) is 3. The first-order chi connectivity index (χ1) is 14.5. The van der Waals surface area contributed by atoms with E-state index >= 15 is 0 Å². The van der Waals surface area contributed by atoms with Gasteiger partial charge in [0.05, 0.1) is 21.4 Å². The normalized spacial score (nSPS) is 10.9. The Labute approximate surface area is 189 Å². The summed E-state index contributed by atoms with van der Waals surface area (Å²) in [5, 5.41) is 9.80. The maximum absolute atomic E-state index is 13.2. The van der Waals surface area contributed by atoms with Gasteiger partial charge in [-0.25, -0.2) is 4.68 Å². The summed E-state index contributed by atoms with van der Waals surface area (Å²) < 4.78 is 1.68. The lowest BCUT2D eigenvalue weighted by Crippen LogP contribution is -2.10. The molecule has 4 aromatic rings. The fourth-order valence-corrected chi connectivity index (χ4v) is 3.60. The minimum Gasteiger partial charge on any atom is -0.287 e. The van der Waals surface area contributed by atoms with Gasteiger partial charge >= 0.3 is 0 Å². The lowest BCUT2D eigenvalue weighted by Gasteiger charge is -2.09. The number of aryl methyl sites for hydroxylation is 1. The molecule has 0 spiro atoms. The molecule has 3 aromatic carbocycles. The molecule has 0 aliphatic rings. The van der Waals surface area contributed by atoms with E-state index in [0.29, 0.717) is 32.7 Å². The van der Waals surface area contributed by atoms with Gasteiger partial charge in [-0.15, -0.1) is 5.10 Å². The van der Waals surface area contributed by atoms with Gasteiger partial charge in [-0.3, -0.25) is 4.79 Å². The van der Waals surface area contributed by atoms with Crippen LogP contribution in [0.5, 0.6) is 0 Å². The molecule has 0 fully saturated rings. The number of halogens is 3. The highest BCUT2D eigenvalue weighted by atomic mass is 35.5. The summed E-state index contributed by atoms with van der Waals surface area (Å²) in [5.41, 5.74) is 3.36. The lowest BCUT2D eigenvalue weighted by atomic mass is 10.0. The monoisotopic (exact) mass is 455 g/mol. The van der Waals surface area contributed by atoms with Crippen LogP contribution in [-0.4, -0.2) is 20.8 Å². The zero-order valence-corrected chi connectivity index (χ0v) is 18.0. The number of hydrogen-bond donors (Lipinski definition) is 0. The van der Waals surface area contributed by atoms with Crippen LogP contribution in [0.2, 0.25) is 15.1 Å². The maximum atomic E-state index is 13.2. The SMILES string of the molecule is O=C(c1ccc(Cl)c(Cl)c1)c1nnn(-c2ccc(Cl)cc2)c1CCc1ccccc1. The van der Waals surface area contributed by atoms with Crippen molar-refractivity contribution in [2.75, 3.05) is 0 Å². The minimum absolute atomic E-state index is 0.253. The molecule has 4 rings (SSSR count). The van der Waals surface area contributed by atoms with Gasteiger partial charge in [-0.2, -0.15) is 0 Å². The van der Waals surface area contributed by atoms with Gasteiger partial charge in [-0.05, 0) is 60.9 Å². The van der Waals surface area contributed by atoms with Crippen LogP contribution < -0.4 is 0 Å². The second kappa shape index (κ2) is 9.00. The predicted octanol–water partition coefficient (Wildman–Crippen LogP) is 6.24. The van der Waals surface area contributed by atoms with E-state index < -0.39 is 0 Å². The van der Waals surface area contributed by atoms with E-state index in [4.69, 9.17) is 34.8 Å². The van der Waals surface area contributed by atoms with Crippen LogP contribution in [0, 0.1) is 0 Å². The van der Waals surface area contributed by atoms with Crippen LogP contribution in [0.1, 0.15) is 27.3 Å². The zero-order valence-electron chi connectivity index (χ0n) is 15.7. The third kappa shape index (κ3) is 4.41. The molecule has 0 N–H and O–H groups in total. The molecule has 0 amide bonds. The van der Waals surface area contributed by atoms with Crippen LogP contribution >= 0.6 is 34.8 Å². The van der Waals surface area contributed by atoms with Crippen LogP contribution in [0.4, 0.5) is 0 Å². The van der Waals surface area contributed by atoms with Gasteiger partial charge in [0.25, 0.3) is 0 Å². The van der Waals surface area contributed by atoms with Gasteiger partial charge in [0.15, 0.2) is 5.69 Å². The van der Waals surface area contributed by atoms with Crippen molar-refractivity contribution in [3.63, 3.8) is 0 Å². The average Bonchev–Trinajstić information content (AvgIpc) is 3.19. The third-order valence-corrected chi connectivity index (χ3v) is 5.72. The van der Waals surface area contributed by atoms with E-state index in [1.54, 1.807) is 35.0 Å². The Hall–Kier alpha value is -2.66. The molecule has 1 aromatic heterocycles. The van der Waals surface area contributed by atoms with Gasteiger partial charge in [0, 0.05) is 10.6 Å². The first kappa shape index (κ1) is 20.6. The molecule has 0 saturated carbocycles. The lowest BCUT2D eigenvalue weighted by molar-refractivity contribution is 0.103. The Kier molecular flexibility index (Phi) is 6.18. The highest BCUT2D eigenvalue weighted by molar-refractivity contribution is 6.42. The summed E-state index contributed by atoms with van der Waals surface area (Å²) in [6, 6.07) is 22.1. The van der Waals surface area contributed by atoms with Crippen molar-refractivity contribution in [3.8, 4) is 5.69 Å². The molecule has 0 unspecified atom stereocenters. The van der Waals surface area contributed by atoms with Crippen LogP contribution in [0.15, 0.2) is 72.8 Å². The molecule has 30 heavy (non-hydrogen) atoms. The van der Waals surface area contributed by atoms with Gasteiger partial charge in [0.2, 0.25) is 5.78 Å². The van der Waals surface area contributed by atoms with Crippen molar-refractivity contribution in [2.45, 2.75) is 12.8 Å². The molecule has 0 atom stereocenters. The summed E-state index contributed by atoms with van der Waals surface area (Å²) in [7, 11) is 0. The highest BCUT2D eigenvalue weighted by Gasteiger charge is 2.22. The van der Waals surface area contributed by atoms with Crippen LogP contribution in [-0.2, 0) is 12.8 Å². The van der Waals surface area contributed by atoms with Gasteiger partial charge < -0.3 is 0 Å². The predicted molar refractivity (Wildman–Crippen MR) is 120 cm³/mol. The number of aromatic nitrogens is 3. The van der Waals surface area contributed by atoms with E-state index in [-0.39, 0.29) is 5.78 Å². The van der Waals surface area contributed by atoms with Crippen molar-refractivity contribution in [2.24, 2.45) is 0 Å². The van der Waals surface area contributed by atoms with E-state index in [2.05, 4.69) is 22.4 Å². The first-order valence-corrected chi connectivity index (χ1v) is 10.4. The van der Waals surface area contributed by atoms with E-state index in [0.717, 1.165) is 23.4 Å². The first-order valence-electron chi connectivity index (χ1n) is 9.27. The minimum atomic E-state index is -0.253. The number of ketones is 1. The summed E-state index contributed by atoms with van der Waals surface area (Å²) >= 11 is 18.1. The van der Waals surface area contributed by atoms with Crippen LogP contribution in [0.3, 0.4) is 0 Å². The van der Waals surface area contributed by atoms with Crippen molar-refractivity contribution in [1.29, 1.82) is 0 Å². The molecule has 150 valence electrons. The molecule has 0 radical (unpaired) electrons. The Morgan fingerprint density at radius 1 is 0.833 bits per heavy atom. The molecular formula is C23H16Cl3N3O. The van der Waals surface area contributed by atoms with Crippen molar-refractivity contribution < 1.29 is 4.79 Å². The van der Waals surface area contributed by atoms with E-state index in [1.165, 1.54) is 0 Å². The number of rotatable bonds is 6. The second-order valence-electron chi connectivity index (χ2n) is 6.72. The summed E-state index contributed by atoms with van der Waals surface area (Å²) in [5.74, 6) is -0.253. The van der Waals surface area contributed by atoms with Gasteiger partial charge in [-0.1, -0.05) is 70.3 Å². The largest absolute Gasteiger partial charge is 0.287 e. The fraction of sp³-hybridized carbons (Fsp3) is 0.0870. The molecule has 0 bridgehead atoms. The third-order valence-electron chi connectivity index (χ3n) is 4.72. The molecule has 0 aliphatic heterocycles. The molecule has 7 heteroatoms. The Morgan fingerprint density at radius 2 is 1.57 bits per heavy atom.